The summed E-state index contributed by atoms with van der Waals surface area (Å²) >= 11 is 0. The average molecular weight is 242 g/mol. The summed E-state index contributed by atoms with van der Waals surface area (Å²) in [7, 11) is 6.28. The molecule has 2 rings (SSSR count). The minimum Gasteiger partial charge on any atom is -0.315 e. The minimum atomic E-state index is 0.491. The number of fused-ring (bicyclic) bond motifs is 1. The first-order chi connectivity index (χ1) is 8.70. The largest absolute Gasteiger partial charge is 0.315 e. The van der Waals surface area contributed by atoms with Crippen LogP contribution >= 0.6 is 0 Å². The van der Waals surface area contributed by atoms with Crippen LogP contribution in [0.25, 0.3) is 10.8 Å². The molecule has 18 heavy (non-hydrogen) atoms. The zero-order chi connectivity index (χ0) is 13.0. The smallest absolute Gasteiger partial charge is 0.0232 e. The zero-order valence-electron chi connectivity index (χ0n) is 11.5. The zero-order valence-corrected chi connectivity index (χ0v) is 11.5. The second-order valence-corrected chi connectivity index (χ2v) is 5.09. The fourth-order valence-electron chi connectivity index (χ4n) is 2.43. The highest BCUT2D eigenvalue weighted by atomic mass is 15.1. The summed E-state index contributed by atoms with van der Waals surface area (Å²) in [5.41, 5.74) is 1.43. The first kappa shape index (κ1) is 13.1. The van der Waals surface area contributed by atoms with Crippen molar-refractivity contribution >= 4 is 10.8 Å². The van der Waals surface area contributed by atoms with E-state index in [0.29, 0.717) is 6.04 Å². The van der Waals surface area contributed by atoms with Gasteiger partial charge in [-0.15, -0.1) is 0 Å². The molecule has 0 amide bonds. The number of nitrogens with one attached hydrogen (secondary N) is 1. The van der Waals surface area contributed by atoms with Gasteiger partial charge in [0.2, 0.25) is 0 Å². The van der Waals surface area contributed by atoms with Gasteiger partial charge in [-0.05, 0) is 43.9 Å². The minimum absolute atomic E-state index is 0.491. The van der Waals surface area contributed by atoms with Crippen LogP contribution in [0.5, 0.6) is 0 Å². The summed E-state index contributed by atoms with van der Waals surface area (Å²) in [6.07, 6.45) is 1.07. The molecule has 2 aromatic rings. The second kappa shape index (κ2) is 5.98. The van der Waals surface area contributed by atoms with Gasteiger partial charge >= 0.3 is 0 Å². The maximum Gasteiger partial charge on any atom is 0.0232 e. The maximum absolute atomic E-state index is 3.40. The van der Waals surface area contributed by atoms with Crippen LogP contribution in [0.4, 0.5) is 0 Å². The van der Waals surface area contributed by atoms with Crippen LogP contribution in [0.15, 0.2) is 42.5 Å². The SMILES string of the molecule is CNC(Cc1cccc2ccccc12)CN(C)C. The first-order valence-corrected chi connectivity index (χ1v) is 6.49. The number of rotatable bonds is 5. The van der Waals surface area contributed by atoms with Crippen LogP contribution in [0.2, 0.25) is 0 Å². The van der Waals surface area contributed by atoms with E-state index < -0.39 is 0 Å². The number of nitrogens with zero attached hydrogens (tertiary/aromatic N) is 1. The van der Waals surface area contributed by atoms with Gasteiger partial charge in [0.25, 0.3) is 0 Å². The first-order valence-electron chi connectivity index (χ1n) is 6.49. The Balaban J connectivity index is 2.25. The molecule has 2 aromatic carbocycles. The van der Waals surface area contributed by atoms with Crippen molar-refractivity contribution in [3.8, 4) is 0 Å². The monoisotopic (exact) mass is 242 g/mol. The quantitative estimate of drug-likeness (QED) is 0.867. The van der Waals surface area contributed by atoms with Crippen molar-refractivity contribution < 1.29 is 0 Å². The van der Waals surface area contributed by atoms with E-state index in [2.05, 4.69) is 66.8 Å². The molecule has 0 radical (unpaired) electrons. The van der Waals surface area contributed by atoms with Gasteiger partial charge in [-0.2, -0.15) is 0 Å². The molecular weight excluding hydrogens is 220 g/mol. The van der Waals surface area contributed by atoms with Crippen LogP contribution in [-0.2, 0) is 6.42 Å². The summed E-state index contributed by atoms with van der Waals surface area (Å²) in [5, 5.41) is 6.11. The van der Waals surface area contributed by atoms with Gasteiger partial charge < -0.3 is 10.2 Å². The topological polar surface area (TPSA) is 15.3 Å². The summed E-state index contributed by atoms with van der Waals surface area (Å²) in [6, 6.07) is 15.7. The van der Waals surface area contributed by atoms with E-state index in [0.717, 1.165) is 13.0 Å². The van der Waals surface area contributed by atoms with E-state index in [9.17, 15) is 0 Å². The van der Waals surface area contributed by atoms with E-state index in [1.807, 2.05) is 7.05 Å². The van der Waals surface area contributed by atoms with Crippen molar-refractivity contribution in [3.05, 3.63) is 48.0 Å². The molecule has 1 N–H and O–H groups in total. The van der Waals surface area contributed by atoms with Gasteiger partial charge in [-0.3, -0.25) is 0 Å². The van der Waals surface area contributed by atoms with Crippen molar-refractivity contribution in [1.29, 1.82) is 0 Å². The standard InChI is InChI=1S/C16H22N2/c1-17-15(12-18(2)3)11-14-9-6-8-13-7-4-5-10-16(13)14/h4-10,15,17H,11-12H2,1-3H3. The van der Waals surface area contributed by atoms with Crippen molar-refractivity contribution in [2.75, 3.05) is 27.7 Å². The molecular formula is C16H22N2. The molecule has 1 unspecified atom stereocenters. The molecule has 0 heterocycles. The molecule has 0 fully saturated rings. The van der Waals surface area contributed by atoms with Crippen molar-refractivity contribution in [3.63, 3.8) is 0 Å². The van der Waals surface area contributed by atoms with Gasteiger partial charge in [0.05, 0.1) is 0 Å². The van der Waals surface area contributed by atoms with E-state index in [1.165, 1.54) is 16.3 Å². The molecule has 1 atom stereocenters. The average Bonchev–Trinajstić information content (AvgIpc) is 2.38. The van der Waals surface area contributed by atoms with E-state index >= 15 is 0 Å². The summed E-state index contributed by atoms with van der Waals surface area (Å²) < 4.78 is 0. The van der Waals surface area contributed by atoms with Crippen LogP contribution in [0, 0.1) is 0 Å². The van der Waals surface area contributed by atoms with Crippen molar-refractivity contribution in [1.82, 2.24) is 10.2 Å². The summed E-state index contributed by atoms with van der Waals surface area (Å²) in [4.78, 5) is 2.23. The molecule has 0 aliphatic heterocycles. The molecule has 0 saturated heterocycles. The lowest BCUT2D eigenvalue weighted by atomic mass is 9.98. The molecule has 2 heteroatoms. The normalized spacial score (nSPS) is 13.1. The fourth-order valence-corrected chi connectivity index (χ4v) is 2.43. The van der Waals surface area contributed by atoms with Gasteiger partial charge in [0, 0.05) is 12.6 Å². The third-order valence-corrected chi connectivity index (χ3v) is 3.34. The lowest BCUT2D eigenvalue weighted by Crippen LogP contribution is -2.37. The van der Waals surface area contributed by atoms with Gasteiger partial charge in [0.1, 0.15) is 0 Å². The van der Waals surface area contributed by atoms with Gasteiger partial charge in [0.15, 0.2) is 0 Å². The molecule has 0 aliphatic rings. The molecule has 0 bridgehead atoms. The Morgan fingerprint density at radius 3 is 2.50 bits per heavy atom. The maximum atomic E-state index is 3.40. The Morgan fingerprint density at radius 1 is 1.06 bits per heavy atom. The van der Waals surface area contributed by atoms with E-state index in [-0.39, 0.29) is 0 Å². The fraction of sp³-hybridized carbons (Fsp3) is 0.375. The third kappa shape index (κ3) is 3.09. The van der Waals surface area contributed by atoms with Crippen LogP contribution in [0.1, 0.15) is 5.56 Å². The molecule has 0 spiro atoms. The lowest BCUT2D eigenvalue weighted by molar-refractivity contribution is 0.347. The summed E-state index contributed by atoms with van der Waals surface area (Å²) in [5.74, 6) is 0. The van der Waals surface area contributed by atoms with Crippen LogP contribution in [0.3, 0.4) is 0 Å². The predicted octanol–water partition coefficient (Wildman–Crippen LogP) is 2.53. The third-order valence-electron chi connectivity index (χ3n) is 3.34. The molecule has 0 aromatic heterocycles. The lowest BCUT2D eigenvalue weighted by Gasteiger charge is -2.21. The number of hydrogen-bond donors (Lipinski definition) is 1. The van der Waals surface area contributed by atoms with E-state index in [4.69, 9.17) is 0 Å². The molecule has 0 saturated carbocycles. The highest BCUT2D eigenvalue weighted by Crippen LogP contribution is 2.19. The second-order valence-electron chi connectivity index (χ2n) is 5.09. The molecule has 96 valence electrons. The van der Waals surface area contributed by atoms with Crippen molar-refractivity contribution in [2.45, 2.75) is 12.5 Å². The predicted molar refractivity (Wildman–Crippen MR) is 79.1 cm³/mol. The molecule has 0 aliphatic carbocycles. The number of likely N-dealkylation sites (N-methyl/N-ethyl adjacent to an activating group) is 2. The van der Waals surface area contributed by atoms with Crippen molar-refractivity contribution in [2.24, 2.45) is 0 Å². The Bertz CT molecular complexity index is 500. The molecule has 2 nitrogen and oxygen atoms in total. The number of hydrogen-bond acceptors (Lipinski definition) is 2. The Hall–Kier alpha value is -1.38. The Kier molecular flexibility index (Phi) is 4.34. The Morgan fingerprint density at radius 2 is 1.78 bits per heavy atom. The highest BCUT2D eigenvalue weighted by Gasteiger charge is 2.10. The van der Waals surface area contributed by atoms with Crippen LogP contribution < -0.4 is 5.32 Å². The highest BCUT2D eigenvalue weighted by molar-refractivity contribution is 5.85. The van der Waals surface area contributed by atoms with Crippen LogP contribution in [-0.4, -0.2) is 38.6 Å². The van der Waals surface area contributed by atoms with E-state index in [1.54, 1.807) is 0 Å². The van der Waals surface area contributed by atoms with Gasteiger partial charge in [-0.25, -0.2) is 0 Å². The number of benzene rings is 2. The van der Waals surface area contributed by atoms with Gasteiger partial charge in [-0.1, -0.05) is 42.5 Å². The Labute approximate surface area is 110 Å². The summed E-state index contributed by atoms with van der Waals surface area (Å²) in [6.45, 7) is 1.06.